The lowest BCUT2D eigenvalue weighted by atomic mass is 10.4. The van der Waals surface area contributed by atoms with Crippen molar-refractivity contribution in [3.63, 3.8) is 0 Å². The van der Waals surface area contributed by atoms with Gasteiger partial charge in [-0.1, -0.05) is 0 Å². The highest BCUT2D eigenvalue weighted by atomic mass is 79.9. The topological polar surface area (TPSA) is 35.0 Å². The molecule has 0 amide bonds. The molecule has 0 N–H and O–H groups in total. The Bertz CT molecular complexity index is 388. The van der Waals surface area contributed by atoms with Gasteiger partial charge in [0.2, 0.25) is 0 Å². The first-order chi connectivity index (χ1) is 6.84. The molecule has 0 aliphatic carbocycles. The Morgan fingerprint density at radius 2 is 2.29 bits per heavy atom. The van der Waals surface area contributed by atoms with Gasteiger partial charge in [-0.05, 0) is 28.1 Å². The molecule has 0 saturated heterocycles. The number of thiazole rings is 1. The molecule has 2 aromatic heterocycles. The molecular formula is C9H7BrN2OS. The molecule has 0 fully saturated rings. The van der Waals surface area contributed by atoms with Crippen LogP contribution in [0.3, 0.4) is 0 Å². The van der Waals surface area contributed by atoms with Crippen LogP contribution in [0.2, 0.25) is 0 Å². The molecule has 0 unspecified atom stereocenters. The molecule has 2 aromatic rings. The van der Waals surface area contributed by atoms with Gasteiger partial charge in [0.25, 0.3) is 0 Å². The van der Waals surface area contributed by atoms with Gasteiger partial charge in [0.15, 0.2) is 0 Å². The van der Waals surface area contributed by atoms with Crippen LogP contribution in [-0.4, -0.2) is 9.97 Å². The Morgan fingerprint density at radius 1 is 1.36 bits per heavy atom. The zero-order chi connectivity index (χ0) is 9.80. The summed E-state index contributed by atoms with van der Waals surface area (Å²) in [4.78, 5) is 9.13. The second-order valence-corrected chi connectivity index (χ2v) is 4.36. The third-order valence-corrected chi connectivity index (χ3v) is 2.79. The second-order valence-electron chi connectivity index (χ2n) is 2.57. The van der Waals surface area contributed by atoms with Crippen LogP contribution in [0.15, 0.2) is 34.6 Å². The van der Waals surface area contributed by atoms with Gasteiger partial charge in [-0.2, -0.15) is 0 Å². The highest BCUT2D eigenvalue weighted by molar-refractivity contribution is 9.10. The number of rotatable bonds is 3. The third kappa shape index (κ3) is 2.52. The van der Waals surface area contributed by atoms with E-state index in [4.69, 9.17) is 4.74 Å². The van der Waals surface area contributed by atoms with Crippen molar-refractivity contribution >= 4 is 27.3 Å². The molecule has 14 heavy (non-hydrogen) atoms. The Morgan fingerprint density at radius 3 is 2.93 bits per heavy atom. The first-order valence-corrected chi connectivity index (χ1v) is 5.63. The fourth-order valence-corrected chi connectivity index (χ4v) is 1.66. The number of hydrogen-bond acceptors (Lipinski definition) is 4. The molecule has 0 aliphatic heterocycles. The van der Waals surface area contributed by atoms with Crippen molar-refractivity contribution in [3.05, 3.63) is 39.5 Å². The zero-order valence-corrected chi connectivity index (χ0v) is 9.59. The predicted octanol–water partition coefficient (Wildman–Crippen LogP) is 2.88. The van der Waals surface area contributed by atoms with Crippen LogP contribution in [0, 0.1) is 0 Å². The van der Waals surface area contributed by atoms with Gasteiger partial charge in [0.1, 0.15) is 17.0 Å². The van der Waals surface area contributed by atoms with Crippen molar-refractivity contribution < 1.29 is 4.74 Å². The number of hydrogen-bond donors (Lipinski definition) is 0. The molecule has 2 rings (SSSR count). The summed E-state index contributed by atoms with van der Waals surface area (Å²) in [6, 6.07) is 3.72. The Hall–Kier alpha value is -0.940. The summed E-state index contributed by atoms with van der Waals surface area (Å²) in [5, 5.41) is 0. The van der Waals surface area contributed by atoms with E-state index in [-0.39, 0.29) is 0 Å². The standard InChI is InChI=1S/C9H7BrN2OS/c10-9-2-1-7(3-12-9)13-5-8-4-11-6-14-8/h1-4,6H,5H2. The van der Waals surface area contributed by atoms with E-state index in [1.54, 1.807) is 29.2 Å². The lowest BCUT2D eigenvalue weighted by molar-refractivity contribution is 0.308. The van der Waals surface area contributed by atoms with E-state index in [0.29, 0.717) is 6.61 Å². The normalized spacial score (nSPS) is 10.1. The summed E-state index contributed by atoms with van der Waals surface area (Å²) in [7, 11) is 0. The molecule has 0 aromatic carbocycles. The molecule has 0 saturated carbocycles. The molecule has 72 valence electrons. The van der Waals surface area contributed by atoms with E-state index in [1.807, 2.05) is 12.1 Å². The molecule has 0 aliphatic rings. The summed E-state index contributed by atoms with van der Waals surface area (Å²) in [5.74, 6) is 0.765. The predicted molar refractivity (Wildman–Crippen MR) is 58.4 cm³/mol. The van der Waals surface area contributed by atoms with Gasteiger partial charge in [0.05, 0.1) is 16.6 Å². The quantitative estimate of drug-likeness (QED) is 0.805. The molecule has 0 bridgehead atoms. The average Bonchev–Trinajstić information content (AvgIpc) is 2.70. The largest absolute Gasteiger partial charge is 0.486 e. The second kappa shape index (κ2) is 4.52. The summed E-state index contributed by atoms with van der Waals surface area (Å²) in [5.41, 5.74) is 1.79. The number of halogens is 1. The van der Waals surface area contributed by atoms with Crippen LogP contribution in [0.5, 0.6) is 5.75 Å². The van der Waals surface area contributed by atoms with Crippen LogP contribution in [0.25, 0.3) is 0 Å². The minimum Gasteiger partial charge on any atom is -0.486 e. The van der Waals surface area contributed by atoms with Gasteiger partial charge in [-0.15, -0.1) is 11.3 Å². The maximum absolute atomic E-state index is 5.49. The Balaban J connectivity index is 1.95. The van der Waals surface area contributed by atoms with Crippen LogP contribution in [0.1, 0.15) is 4.88 Å². The SMILES string of the molecule is Brc1ccc(OCc2cncs2)cn1. The highest BCUT2D eigenvalue weighted by Crippen LogP contribution is 2.15. The van der Waals surface area contributed by atoms with Crippen molar-refractivity contribution in [2.24, 2.45) is 0 Å². The maximum Gasteiger partial charge on any atom is 0.138 e. The van der Waals surface area contributed by atoms with Gasteiger partial charge >= 0.3 is 0 Å². The summed E-state index contributed by atoms with van der Waals surface area (Å²) >= 11 is 4.84. The van der Waals surface area contributed by atoms with E-state index >= 15 is 0 Å². The molecule has 3 nitrogen and oxygen atoms in total. The lowest BCUT2D eigenvalue weighted by Crippen LogP contribution is -1.93. The fraction of sp³-hybridized carbons (Fsp3) is 0.111. The van der Waals surface area contributed by atoms with Crippen LogP contribution in [-0.2, 0) is 6.61 Å². The van der Waals surface area contributed by atoms with Gasteiger partial charge in [-0.25, -0.2) is 4.98 Å². The molecule has 0 spiro atoms. The van der Waals surface area contributed by atoms with E-state index < -0.39 is 0 Å². The summed E-state index contributed by atoms with van der Waals surface area (Å²) in [6.07, 6.45) is 3.49. The van der Waals surface area contributed by atoms with Crippen LogP contribution < -0.4 is 4.74 Å². The van der Waals surface area contributed by atoms with Crippen molar-refractivity contribution in [1.29, 1.82) is 0 Å². The van der Waals surface area contributed by atoms with E-state index in [2.05, 4.69) is 25.9 Å². The minimum atomic E-state index is 0.550. The molecule has 2 heterocycles. The van der Waals surface area contributed by atoms with Crippen LogP contribution >= 0.6 is 27.3 Å². The van der Waals surface area contributed by atoms with Crippen molar-refractivity contribution in [3.8, 4) is 5.75 Å². The smallest absolute Gasteiger partial charge is 0.138 e. The molecular weight excluding hydrogens is 264 g/mol. The molecule has 5 heteroatoms. The zero-order valence-electron chi connectivity index (χ0n) is 7.18. The first-order valence-electron chi connectivity index (χ1n) is 3.96. The van der Waals surface area contributed by atoms with Gasteiger partial charge < -0.3 is 4.74 Å². The summed E-state index contributed by atoms with van der Waals surface area (Å²) < 4.78 is 6.30. The van der Waals surface area contributed by atoms with E-state index in [0.717, 1.165) is 15.2 Å². The van der Waals surface area contributed by atoms with E-state index in [9.17, 15) is 0 Å². The van der Waals surface area contributed by atoms with Crippen molar-refractivity contribution in [2.75, 3.05) is 0 Å². The monoisotopic (exact) mass is 270 g/mol. The number of ether oxygens (including phenoxy) is 1. The molecule has 0 atom stereocenters. The highest BCUT2D eigenvalue weighted by Gasteiger charge is 1.97. The number of aromatic nitrogens is 2. The third-order valence-electron chi connectivity index (χ3n) is 1.56. The van der Waals surface area contributed by atoms with Gasteiger partial charge in [0, 0.05) is 6.20 Å². The average molecular weight is 271 g/mol. The molecule has 0 radical (unpaired) electrons. The summed E-state index contributed by atoms with van der Waals surface area (Å²) in [6.45, 7) is 0.550. The Labute approximate surface area is 93.9 Å². The van der Waals surface area contributed by atoms with Crippen molar-refractivity contribution in [1.82, 2.24) is 9.97 Å². The van der Waals surface area contributed by atoms with Gasteiger partial charge in [-0.3, -0.25) is 4.98 Å². The maximum atomic E-state index is 5.49. The number of pyridine rings is 1. The minimum absolute atomic E-state index is 0.550. The first kappa shape index (κ1) is 9.61. The van der Waals surface area contributed by atoms with Crippen LogP contribution in [0.4, 0.5) is 0 Å². The Kier molecular flexibility index (Phi) is 3.10. The fourth-order valence-electron chi connectivity index (χ4n) is 0.915. The van der Waals surface area contributed by atoms with E-state index in [1.165, 1.54) is 0 Å². The van der Waals surface area contributed by atoms with Crippen molar-refractivity contribution in [2.45, 2.75) is 6.61 Å². The lowest BCUT2D eigenvalue weighted by Gasteiger charge is -2.02. The number of nitrogens with zero attached hydrogens (tertiary/aromatic N) is 2.